The zero-order chi connectivity index (χ0) is 11.4. The monoisotopic (exact) mass is 241 g/mol. The molecule has 0 spiro atoms. The number of thioether (sulfide) groups is 1. The number of nitrogens with one attached hydrogen (secondary N) is 1. The molecule has 1 aliphatic heterocycles. The minimum Gasteiger partial charge on any atom is -0.475 e. The fourth-order valence-corrected chi connectivity index (χ4v) is 2.95. The predicted octanol–water partition coefficient (Wildman–Crippen LogP) is 2.53. The smallest absolute Gasteiger partial charge is 0.371 e. The highest BCUT2D eigenvalue weighted by molar-refractivity contribution is 7.99. The Bertz CT molecular complexity index is 358. The van der Waals surface area contributed by atoms with Crippen molar-refractivity contribution in [1.29, 1.82) is 0 Å². The molecular formula is C11H15NO3S. The van der Waals surface area contributed by atoms with Gasteiger partial charge in [0.2, 0.25) is 5.76 Å². The summed E-state index contributed by atoms with van der Waals surface area (Å²) in [6.45, 7) is 0.868. The Kier molecular flexibility index (Phi) is 3.77. The highest BCUT2D eigenvalue weighted by Crippen LogP contribution is 2.23. The van der Waals surface area contributed by atoms with Crippen LogP contribution in [0.5, 0.6) is 0 Å². The maximum Gasteiger partial charge on any atom is 0.371 e. The predicted molar refractivity (Wildman–Crippen MR) is 64.2 cm³/mol. The van der Waals surface area contributed by atoms with Crippen molar-refractivity contribution >= 4 is 23.6 Å². The fraction of sp³-hybridized carbons (Fsp3) is 0.545. The molecule has 1 saturated heterocycles. The number of anilines is 1. The van der Waals surface area contributed by atoms with Crippen LogP contribution in [0.25, 0.3) is 0 Å². The van der Waals surface area contributed by atoms with Gasteiger partial charge in [-0.05, 0) is 36.3 Å². The van der Waals surface area contributed by atoms with E-state index in [1.165, 1.54) is 30.4 Å². The molecule has 2 N–H and O–H groups in total. The summed E-state index contributed by atoms with van der Waals surface area (Å²) in [6.07, 6.45) is 2.45. The van der Waals surface area contributed by atoms with Gasteiger partial charge in [-0.3, -0.25) is 0 Å². The molecule has 4 nitrogen and oxygen atoms in total. The van der Waals surface area contributed by atoms with E-state index >= 15 is 0 Å². The van der Waals surface area contributed by atoms with Gasteiger partial charge in [0, 0.05) is 12.6 Å². The Hall–Kier alpha value is -1.10. The van der Waals surface area contributed by atoms with Crippen LogP contribution >= 0.6 is 11.8 Å². The molecule has 2 heterocycles. The topological polar surface area (TPSA) is 62.5 Å². The highest BCUT2D eigenvalue weighted by Gasteiger charge is 2.14. The van der Waals surface area contributed by atoms with Gasteiger partial charge in [0.05, 0.1) is 0 Å². The number of hydrogen-bond donors (Lipinski definition) is 2. The van der Waals surface area contributed by atoms with Crippen molar-refractivity contribution in [2.75, 3.05) is 23.4 Å². The summed E-state index contributed by atoms with van der Waals surface area (Å²) in [5.74, 6) is 2.65. The molecular weight excluding hydrogens is 226 g/mol. The third kappa shape index (κ3) is 2.95. The molecule has 1 fully saturated rings. The second kappa shape index (κ2) is 5.30. The van der Waals surface area contributed by atoms with E-state index in [0.717, 1.165) is 6.54 Å². The standard InChI is InChI=1S/C11H15NO3S/c13-11(14)9-1-2-10(15-9)12-7-8-3-5-16-6-4-8/h1-2,8,12H,3-7H2,(H,13,14). The molecule has 1 aromatic rings. The first kappa shape index (κ1) is 11.4. The van der Waals surface area contributed by atoms with Crippen molar-refractivity contribution in [3.8, 4) is 0 Å². The SMILES string of the molecule is O=C(O)c1ccc(NCC2CCSCC2)o1. The summed E-state index contributed by atoms with van der Waals surface area (Å²) in [5, 5.41) is 11.8. The van der Waals surface area contributed by atoms with Gasteiger partial charge in [0.15, 0.2) is 5.88 Å². The maximum atomic E-state index is 10.6. The van der Waals surface area contributed by atoms with Crippen LogP contribution < -0.4 is 5.32 Å². The van der Waals surface area contributed by atoms with Gasteiger partial charge in [0.25, 0.3) is 0 Å². The van der Waals surface area contributed by atoms with Crippen LogP contribution in [0, 0.1) is 5.92 Å². The third-order valence-corrected chi connectivity index (χ3v) is 3.77. The molecule has 0 amide bonds. The summed E-state index contributed by atoms with van der Waals surface area (Å²) >= 11 is 2.00. The van der Waals surface area contributed by atoms with Crippen LogP contribution in [0.15, 0.2) is 16.5 Å². The van der Waals surface area contributed by atoms with Gasteiger partial charge >= 0.3 is 5.97 Å². The molecule has 1 aliphatic rings. The van der Waals surface area contributed by atoms with Crippen LogP contribution in [0.1, 0.15) is 23.4 Å². The van der Waals surface area contributed by atoms with E-state index in [2.05, 4.69) is 5.32 Å². The lowest BCUT2D eigenvalue weighted by atomic mass is 10.0. The van der Waals surface area contributed by atoms with Crippen molar-refractivity contribution in [1.82, 2.24) is 0 Å². The van der Waals surface area contributed by atoms with Crippen LogP contribution in [0.2, 0.25) is 0 Å². The number of hydrogen-bond acceptors (Lipinski definition) is 4. The number of rotatable bonds is 4. The van der Waals surface area contributed by atoms with Crippen molar-refractivity contribution in [2.45, 2.75) is 12.8 Å². The Morgan fingerprint density at radius 2 is 2.25 bits per heavy atom. The number of aromatic carboxylic acids is 1. The summed E-state index contributed by atoms with van der Waals surface area (Å²) in [5.41, 5.74) is 0. The van der Waals surface area contributed by atoms with E-state index < -0.39 is 5.97 Å². The quantitative estimate of drug-likeness (QED) is 0.848. The molecule has 0 unspecified atom stereocenters. The average molecular weight is 241 g/mol. The van der Waals surface area contributed by atoms with Gasteiger partial charge in [-0.2, -0.15) is 11.8 Å². The van der Waals surface area contributed by atoms with E-state index in [-0.39, 0.29) is 5.76 Å². The van der Waals surface area contributed by atoms with Gasteiger partial charge in [-0.15, -0.1) is 0 Å². The molecule has 0 radical (unpaired) electrons. The maximum absolute atomic E-state index is 10.6. The molecule has 1 aromatic heterocycles. The number of carboxylic acids is 1. The first-order valence-electron chi connectivity index (χ1n) is 5.40. The van der Waals surface area contributed by atoms with E-state index in [9.17, 15) is 4.79 Å². The van der Waals surface area contributed by atoms with Crippen LogP contribution in [0.4, 0.5) is 5.88 Å². The van der Waals surface area contributed by atoms with Gasteiger partial charge in [-0.25, -0.2) is 4.79 Å². The van der Waals surface area contributed by atoms with Gasteiger partial charge in [0.1, 0.15) is 0 Å². The van der Waals surface area contributed by atoms with Gasteiger partial charge < -0.3 is 14.8 Å². The Labute approximate surface area is 98.4 Å². The third-order valence-electron chi connectivity index (χ3n) is 2.72. The number of carbonyl (C=O) groups is 1. The normalized spacial score (nSPS) is 17.2. The largest absolute Gasteiger partial charge is 0.475 e. The lowest BCUT2D eigenvalue weighted by Gasteiger charge is -2.21. The highest BCUT2D eigenvalue weighted by atomic mass is 32.2. The number of furan rings is 1. The molecule has 0 atom stereocenters. The zero-order valence-corrected chi connectivity index (χ0v) is 9.76. The van der Waals surface area contributed by atoms with Crippen LogP contribution in [-0.4, -0.2) is 29.1 Å². The first-order valence-corrected chi connectivity index (χ1v) is 6.56. The summed E-state index contributed by atoms with van der Waals surface area (Å²) in [6, 6.07) is 3.14. The Balaban J connectivity index is 1.81. The lowest BCUT2D eigenvalue weighted by Crippen LogP contribution is -2.18. The van der Waals surface area contributed by atoms with Crippen molar-refractivity contribution < 1.29 is 14.3 Å². The second-order valence-corrected chi connectivity index (χ2v) is 5.13. The van der Waals surface area contributed by atoms with Crippen molar-refractivity contribution in [2.24, 2.45) is 5.92 Å². The Morgan fingerprint density at radius 3 is 2.88 bits per heavy atom. The molecule has 0 saturated carbocycles. The molecule has 0 aliphatic carbocycles. The summed E-state index contributed by atoms with van der Waals surface area (Å²) < 4.78 is 5.12. The molecule has 5 heteroatoms. The van der Waals surface area contributed by atoms with E-state index in [1.54, 1.807) is 6.07 Å². The Morgan fingerprint density at radius 1 is 1.50 bits per heavy atom. The van der Waals surface area contributed by atoms with E-state index in [0.29, 0.717) is 11.8 Å². The summed E-state index contributed by atoms with van der Waals surface area (Å²) in [4.78, 5) is 10.6. The molecule has 0 bridgehead atoms. The minimum absolute atomic E-state index is 0.0123. The fourth-order valence-electron chi connectivity index (χ4n) is 1.74. The second-order valence-electron chi connectivity index (χ2n) is 3.91. The molecule has 16 heavy (non-hydrogen) atoms. The molecule has 0 aromatic carbocycles. The molecule has 2 rings (SSSR count). The van der Waals surface area contributed by atoms with E-state index in [4.69, 9.17) is 9.52 Å². The van der Waals surface area contributed by atoms with E-state index in [1.807, 2.05) is 11.8 Å². The summed E-state index contributed by atoms with van der Waals surface area (Å²) in [7, 11) is 0. The molecule has 88 valence electrons. The van der Waals surface area contributed by atoms with Gasteiger partial charge in [-0.1, -0.05) is 0 Å². The van der Waals surface area contributed by atoms with Crippen molar-refractivity contribution in [3.63, 3.8) is 0 Å². The minimum atomic E-state index is -1.03. The average Bonchev–Trinajstić information content (AvgIpc) is 2.76. The first-order chi connectivity index (χ1) is 7.75. The zero-order valence-electron chi connectivity index (χ0n) is 8.94. The lowest BCUT2D eigenvalue weighted by molar-refractivity contribution is 0.0663. The van der Waals surface area contributed by atoms with Crippen molar-refractivity contribution in [3.05, 3.63) is 17.9 Å². The van der Waals surface area contributed by atoms with Crippen LogP contribution in [0.3, 0.4) is 0 Å². The van der Waals surface area contributed by atoms with Crippen LogP contribution in [-0.2, 0) is 0 Å². The number of carboxylic acid groups (broad SMARTS) is 1.